The van der Waals surface area contributed by atoms with E-state index in [1.54, 1.807) is 16.8 Å². The van der Waals surface area contributed by atoms with Crippen molar-refractivity contribution in [1.82, 2.24) is 9.88 Å². The average Bonchev–Trinajstić information content (AvgIpc) is 2.88. The Kier molecular flexibility index (Phi) is 5.00. The molecule has 0 bridgehead atoms. The average molecular weight is 287 g/mol. The second-order valence-electron chi connectivity index (χ2n) is 4.99. The third-order valence-corrected chi connectivity index (χ3v) is 3.37. The van der Waals surface area contributed by atoms with Gasteiger partial charge in [-0.25, -0.2) is 0 Å². The molecule has 0 saturated carbocycles. The number of nitrogens with two attached hydrogens (primary N) is 1. The van der Waals surface area contributed by atoms with Crippen molar-refractivity contribution in [3.8, 4) is 0 Å². The first-order valence-electron chi connectivity index (χ1n) is 7.05. The van der Waals surface area contributed by atoms with Gasteiger partial charge in [-0.15, -0.1) is 0 Å². The van der Waals surface area contributed by atoms with Crippen molar-refractivity contribution in [2.75, 3.05) is 12.3 Å². The van der Waals surface area contributed by atoms with E-state index in [0.717, 1.165) is 5.56 Å². The van der Waals surface area contributed by atoms with Gasteiger partial charge in [-0.2, -0.15) is 0 Å². The van der Waals surface area contributed by atoms with E-state index in [4.69, 9.17) is 5.73 Å². The van der Waals surface area contributed by atoms with Crippen LogP contribution >= 0.6 is 0 Å². The van der Waals surface area contributed by atoms with E-state index in [1.165, 1.54) is 0 Å². The van der Waals surface area contributed by atoms with Gasteiger partial charge in [0.1, 0.15) is 5.69 Å². The number of aliphatic hydroxyl groups is 1. The maximum absolute atomic E-state index is 12.3. The van der Waals surface area contributed by atoms with E-state index in [1.807, 2.05) is 37.3 Å². The Hall–Kier alpha value is -2.27. The number of carbonyl (C=O) groups excluding carboxylic acids is 1. The largest absolute Gasteiger partial charge is 0.397 e. The van der Waals surface area contributed by atoms with Crippen LogP contribution in [-0.4, -0.2) is 28.2 Å². The summed E-state index contributed by atoms with van der Waals surface area (Å²) in [5.41, 5.74) is 7.88. The lowest BCUT2D eigenvalue weighted by atomic mass is 10.1. The number of anilines is 1. The zero-order chi connectivity index (χ0) is 15.2. The van der Waals surface area contributed by atoms with E-state index in [9.17, 15) is 9.90 Å². The van der Waals surface area contributed by atoms with E-state index < -0.39 is 0 Å². The first-order valence-corrected chi connectivity index (χ1v) is 7.05. The van der Waals surface area contributed by atoms with Crippen LogP contribution < -0.4 is 11.1 Å². The molecule has 5 heteroatoms. The lowest BCUT2D eigenvalue weighted by Crippen LogP contribution is -2.39. The van der Waals surface area contributed by atoms with Crippen LogP contribution in [0.25, 0.3) is 0 Å². The number of nitrogen functional groups attached to an aromatic ring is 1. The topological polar surface area (TPSA) is 80.3 Å². The molecule has 1 atom stereocenters. The Bertz CT molecular complexity index is 593. The fourth-order valence-electron chi connectivity index (χ4n) is 2.30. The fraction of sp³-hybridized carbons (Fsp3) is 0.312. The van der Waals surface area contributed by atoms with Crippen molar-refractivity contribution in [2.24, 2.45) is 0 Å². The SMILES string of the molecule is CCn1cc(N)cc1C(=O)N[C@@H](CO)Cc1ccccc1. The van der Waals surface area contributed by atoms with Crippen LogP contribution in [0, 0.1) is 0 Å². The van der Waals surface area contributed by atoms with Gasteiger partial charge in [0.25, 0.3) is 5.91 Å². The molecule has 0 unspecified atom stereocenters. The van der Waals surface area contributed by atoms with Gasteiger partial charge in [0, 0.05) is 12.7 Å². The summed E-state index contributed by atoms with van der Waals surface area (Å²) in [6.45, 7) is 2.51. The Morgan fingerprint density at radius 2 is 2.10 bits per heavy atom. The molecule has 0 aliphatic carbocycles. The number of rotatable bonds is 6. The molecule has 1 amide bonds. The maximum atomic E-state index is 12.3. The third-order valence-electron chi connectivity index (χ3n) is 3.37. The highest BCUT2D eigenvalue weighted by molar-refractivity contribution is 5.94. The normalized spacial score (nSPS) is 12.1. The van der Waals surface area contributed by atoms with Crippen molar-refractivity contribution in [3.05, 3.63) is 53.9 Å². The second-order valence-corrected chi connectivity index (χ2v) is 4.99. The summed E-state index contributed by atoms with van der Waals surface area (Å²) >= 11 is 0. The molecule has 0 fully saturated rings. The molecule has 1 heterocycles. The maximum Gasteiger partial charge on any atom is 0.268 e. The summed E-state index contributed by atoms with van der Waals surface area (Å²) < 4.78 is 1.79. The number of aromatic nitrogens is 1. The molecule has 0 spiro atoms. The van der Waals surface area contributed by atoms with Crippen LogP contribution in [0.5, 0.6) is 0 Å². The minimum atomic E-state index is -0.318. The van der Waals surface area contributed by atoms with Gasteiger partial charge in [0.05, 0.1) is 18.3 Å². The molecule has 5 nitrogen and oxygen atoms in total. The smallest absolute Gasteiger partial charge is 0.268 e. The van der Waals surface area contributed by atoms with E-state index >= 15 is 0 Å². The highest BCUT2D eigenvalue weighted by Crippen LogP contribution is 2.11. The number of benzene rings is 1. The number of amides is 1. The Labute approximate surface area is 124 Å². The highest BCUT2D eigenvalue weighted by Gasteiger charge is 2.17. The van der Waals surface area contributed by atoms with Crippen LogP contribution in [0.1, 0.15) is 23.0 Å². The fourth-order valence-corrected chi connectivity index (χ4v) is 2.30. The predicted octanol–water partition coefficient (Wildman–Crippen LogP) is 1.42. The molecular weight excluding hydrogens is 266 g/mol. The molecule has 4 N–H and O–H groups in total. The van der Waals surface area contributed by atoms with Gasteiger partial charge in [-0.1, -0.05) is 30.3 Å². The van der Waals surface area contributed by atoms with Crippen molar-refractivity contribution in [3.63, 3.8) is 0 Å². The Balaban J connectivity index is 2.05. The molecule has 0 aliphatic rings. The summed E-state index contributed by atoms with van der Waals surface area (Å²) in [5.74, 6) is -0.219. The van der Waals surface area contributed by atoms with Crippen molar-refractivity contribution < 1.29 is 9.90 Å². The zero-order valence-corrected chi connectivity index (χ0v) is 12.1. The lowest BCUT2D eigenvalue weighted by molar-refractivity contribution is 0.0907. The first kappa shape index (κ1) is 15.1. The molecule has 0 saturated heterocycles. The monoisotopic (exact) mass is 287 g/mol. The number of hydrogen-bond acceptors (Lipinski definition) is 3. The Morgan fingerprint density at radius 1 is 1.38 bits per heavy atom. The number of aryl methyl sites for hydroxylation is 1. The van der Waals surface area contributed by atoms with Crippen LogP contribution in [0.4, 0.5) is 5.69 Å². The summed E-state index contributed by atoms with van der Waals surface area (Å²) in [6, 6.07) is 11.1. The number of hydrogen-bond donors (Lipinski definition) is 3. The van der Waals surface area contributed by atoms with E-state index in [2.05, 4.69) is 5.32 Å². The van der Waals surface area contributed by atoms with Gasteiger partial charge in [0.15, 0.2) is 0 Å². The number of carbonyl (C=O) groups is 1. The van der Waals surface area contributed by atoms with Crippen molar-refractivity contribution in [2.45, 2.75) is 25.9 Å². The number of nitrogens with zero attached hydrogens (tertiary/aromatic N) is 1. The summed E-state index contributed by atoms with van der Waals surface area (Å²) in [7, 11) is 0. The van der Waals surface area contributed by atoms with E-state index in [-0.39, 0.29) is 18.6 Å². The summed E-state index contributed by atoms with van der Waals surface area (Å²) in [5, 5.41) is 12.3. The van der Waals surface area contributed by atoms with Gasteiger partial charge in [-0.3, -0.25) is 4.79 Å². The van der Waals surface area contributed by atoms with Crippen molar-refractivity contribution in [1.29, 1.82) is 0 Å². The van der Waals surface area contributed by atoms with Crippen LogP contribution in [0.3, 0.4) is 0 Å². The first-order chi connectivity index (χ1) is 10.1. The van der Waals surface area contributed by atoms with Gasteiger partial charge < -0.3 is 20.7 Å². The predicted molar refractivity (Wildman–Crippen MR) is 83.0 cm³/mol. The molecule has 21 heavy (non-hydrogen) atoms. The quantitative estimate of drug-likeness (QED) is 0.751. The van der Waals surface area contributed by atoms with Gasteiger partial charge >= 0.3 is 0 Å². The van der Waals surface area contributed by atoms with E-state index in [0.29, 0.717) is 24.3 Å². The Morgan fingerprint density at radius 3 is 2.71 bits per heavy atom. The number of nitrogens with one attached hydrogen (secondary N) is 1. The second kappa shape index (κ2) is 6.95. The molecule has 2 aromatic rings. The van der Waals surface area contributed by atoms with Crippen molar-refractivity contribution >= 4 is 11.6 Å². The molecule has 1 aromatic heterocycles. The molecule has 2 rings (SSSR count). The summed E-state index contributed by atoms with van der Waals surface area (Å²) in [4.78, 5) is 12.3. The minimum absolute atomic E-state index is 0.108. The lowest BCUT2D eigenvalue weighted by Gasteiger charge is -2.17. The van der Waals surface area contributed by atoms with Gasteiger partial charge in [0.2, 0.25) is 0 Å². The number of aliphatic hydroxyl groups excluding tert-OH is 1. The molecular formula is C16H21N3O2. The highest BCUT2D eigenvalue weighted by atomic mass is 16.3. The van der Waals surface area contributed by atoms with Crippen LogP contribution in [0.15, 0.2) is 42.6 Å². The zero-order valence-electron chi connectivity index (χ0n) is 12.1. The van der Waals surface area contributed by atoms with Crippen LogP contribution in [-0.2, 0) is 13.0 Å². The van der Waals surface area contributed by atoms with Gasteiger partial charge in [-0.05, 0) is 25.0 Å². The standard InChI is InChI=1S/C16H21N3O2/c1-2-19-10-13(17)9-15(19)16(21)18-14(11-20)8-12-6-4-3-5-7-12/h3-7,9-10,14,20H,2,8,11,17H2,1H3,(H,18,21)/t14-/m1/s1. The molecule has 112 valence electrons. The molecule has 1 aromatic carbocycles. The molecule has 0 aliphatic heterocycles. The summed E-state index contributed by atoms with van der Waals surface area (Å²) in [6.07, 6.45) is 2.32. The molecule has 0 radical (unpaired) electrons. The minimum Gasteiger partial charge on any atom is -0.397 e. The van der Waals surface area contributed by atoms with Crippen LogP contribution in [0.2, 0.25) is 0 Å². The third kappa shape index (κ3) is 3.86.